The third kappa shape index (κ3) is 1.45. The zero-order valence-electron chi connectivity index (χ0n) is 7.68. The number of aliphatic hydroxyl groups excluding tert-OH is 1. The molecule has 2 heterocycles. The second kappa shape index (κ2) is 3.38. The van der Waals surface area contributed by atoms with Crippen LogP contribution in [-0.4, -0.2) is 59.4 Å². The van der Waals surface area contributed by atoms with Crippen LogP contribution >= 0.6 is 0 Å². The van der Waals surface area contributed by atoms with Crippen LogP contribution in [0.2, 0.25) is 0 Å². The van der Waals surface area contributed by atoms with Crippen molar-refractivity contribution in [3.05, 3.63) is 0 Å². The van der Waals surface area contributed by atoms with Gasteiger partial charge in [-0.05, 0) is 0 Å². The van der Waals surface area contributed by atoms with E-state index in [0.29, 0.717) is 19.6 Å². The normalized spacial score (nSPS) is 30.1. The van der Waals surface area contributed by atoms with E-state index >= 15 is 0 Å². The minimum Gasteiger partial charge on any atom is -0.465 e. The lowest BCUT2D eigenvalue weighted by Gasteiger charge is -2.20. The summed E-state index contributed by atoms with van der Waals surface area (Å²) >= 11 is 0. The summed E-state index contributed by atoms with van der Waals surface area (Å²) in [6, 6.07) is -0.411. The van der Waals surface area contributed by atoms with E-state index in [1.54, 1.807) is 0 Å². The van der Waals surface area contributed by atoms with Crippen LogP contribution in [0.1, 0.15) is 6.42 Å². The largest absolute Gasteiger partial charge is 0.465 e. The van der Waals surface area contributed by atoms with Crippen LogP contribution in [0.15, 0.2) is 0 Å². The van der Waals surface area contributed by atoms with Crippen molar-refractivity contribution in [2.24, 2.45) is 0 Å². The Morgan fingerprint density at radius 2 is 2.14 bits per heavy atom. The van der Waals surface area contributed by atoms with Gasteiger partial charge < -0.3 is 19.7 Å². The molecular formula is C8H13NO5. The van der Waals surface area contributed by atoms with Crippen molar-refractivity contribution in [3.8, 4) is 0 Å². The fraction of sp³-hybridized carbons (Fsp3) is 0.875. The third-order valence-corrected chi connectivity index (χ3v) is 2.67. The summed E-state index contributed by atoms with van der Waals surface area (Å²) in [7, 11) is 0. The Morgan fingerprint density at radius 3 is 2.57 bits per heavy atom. The van der Waals surface area contributed by atoms with Crippen LogP contribution in [0.25, 0.3) is 0 Å². The molecule has 6 nitrogen and oxygen atoms in total. The molecule has 1 spiro atoms. The van der Waals surface area contributed by atoms with E-state index < -0.39 is 17.9 Å². The number of aliphatic hydroxyl groups is 1. The second-order valence-corrected chi connectivity index (χ2v) is 3.56. The molecule has 0 aromatic rings. The van der Waals surface area contributed by atoms with Crippen LogP contribution in [0.3, 0.4) is 0 Å². The quantitative estimate of drug-likeness (QED) is 0.599. The fourth-order valence-corrected chi connectivity index (χ4v) is 2.02. The monoisotopic (exact) mass is 203 g/mol. The zero-order valence-corrected chi connectivity index (χ0v) is 7.68. The van der Waals surface area contributed by atoms with E-state index in [0.717, 1.165) is 0 Å². The molecule has 2 aliphatic heterocycles. The first kappa shape index (κ1) is 9.70. The molecule has 2 fully saturated rings. The van der Waals surface area contributed by atoms with Gasteiger partial charge in [0.15, 0.2) is 5.79 Å². The van der Waals surface area contributed by atoms with Gasteiger partial charge in [0.25, 0.3) is 0 Å². The Bertz CT molecular complexity index is 238. The Hall–Kier alpha value is -0.850. The van der Waals surface area contributed by atoms with Gasteiger partial charge in [0, 0.05) is 6.42 Å². The van der Waals surface area contributed by atoms with E-state index in [9.17, 15) is 4.79 Å². The maximum Gasteiger partial charge on any atom is 0.407 e. The molecule has 80 valence electrons. The summed E-state index contributed by atoms with van der Waals surface area (Å²) in [5.74, 6) is -0.800. The molecule has 0 bridgehead atoms. The van der Waals surface area contributed by atoms with Gasteiger partial charge in [-0.15, -0.1) is 0 Å². The zero-order chi connectivity index (χ0) is 10.2. The maximum atomic E-state index is 10.8. The summed E-state index contributed by atoms with van der Waals surface area (Å²) in [5, 5.41) is 17.9. The molecule has 1 unspecified atom stereocenters. The van der Waals surface area contributed by atoms with Crippen LogP contribution in [0, 0.1) is 0 Å². The van der Waals surface area contributed by atoms with Gasteiger partial charge in [-0.3, -0.25) is 4.90 Å². The van der Waals surface area contributed by atoms with Crippen molar-refractivity contribution >= 4 is 6.09 Å². The van der Waals surface area contributed by atoms with E-state index in [1.807, 2.05) is 0 Å². The van der Waals surface area contributed by atoms with E-state index in [1.165, 1.54) is 4.90 Å². The predicted molar refractivity (Wildman–Crippen MR) is 44.9 cm³/mol. The molecule has 0 aromatic heterocycles. The van der Waals surface area contributed by atoms with Crippen molar-refractivity contribution in [1.82, 2.24) is 4.90 Å². The molecule has 0 saturated carbocycles. The SMILES string of the molecule is O=C(O)N1CC2(CC1CO)OCCO2. The first-order valence-electron chi connectivity index (χ1n) is 4.55. The number of hydrogen-bond acceptors (Lipinski definition) is 4. The molecule has 2 aliphatic rings. The molecule has 2 N–H and O–H groups in total. The maximum absolute atomic E-state index is 10.8. The van der Waals surface area contributed by atoms with E-state index in [-0.39, 0.29) is 13.2 Å². The number of carboxylic acid groups (broad SMARTS) is 1. The highest BCUT2D eigenvalue weighted by atomic mass is 16.7. The standard InChI is InChI=1S/C8H13NO5/c10-4-6-3-8(13-1-2-14-8)5-9(6)7(11)12/h6,10H,1-5H2,(H,11,12). The Kier molecular flexibility index (Phi) is 2.34. The van der Waals surface area contributed by atoms with Crippen LogP contribution in [0.5, 0.6) is 0 Å². The van der Waals surface area contributed by atoms with Gasteiger partial charge in [0.1, 0.15) is 0 Å². The van der Waals surface area contributed by atoms with Gasteiger partial charge in [-0.1, -0.05) is 0 Å². The smallest absolute Gasteiger partial charge is 0.407 e. The molecule has 1 amide bonds. The minimum atomic E-state index is -1.04. The predicted octanol–water partition coefficient (Wildman–Crippen LogP) is -0.526. The molecule has 0 aliphatic carbocycles. The molecule has 2 rings (SSSR count). The van der Waals surface area contributed by atoms with Gasteiger partial charge in [0.2, 0.25) is 0 Å². The van der Waals surface area contributed by atoms with Crippen molar-refractivity contribution in [2.45, 2.75) is 18.2 Å². The van der Waals surface area contributed by atoms with Crippen molar-refractivity contribution in [2.75, 3.05) is 26.4 Å². The highest BCUT2D eigenvalue weighted by molar-refractivity contribution is 5.66. The van der Waals surface area contributed by atoms with Crippen LogP contribution < -0.4 is 0 Å². The molecular weight excluding hydrogens is 190 g/mol. The number of amides is 1. The van der Waals surface area contributed by atoms with Gasteiger partial charge in [-0.2, -0.15) is 0 Å². The highest BCUT2D eigenvalue weighted by Crippen LogP contribution is 2.34. The number of carbonyl (C=O) groups is 1. The minimum absolute atomic E-state index is 0.188. The molecule has 6 heteroatoms. The number of likely N-dealkylation sites (tertiary alicyclic amines) is 1. The summed E-state index contributed by atoms with van der Waals surface area (Å²) < 4.78 is 10.8. The van der Waals surface area contributed by atoms with Gasteiger partial charge in [-0.25, -0.2) is 4.79 Å². The number of hydrogen-bond donors (Lipinski definition) is 2. The summed E-state index contributed by atoms with van der Waals surface area (Å²) in [5.41, 5.74) is 0. The number of rotatable bonds is 1. The first-order chi connectivity index (χ1) is 6.67. The molecule has 14 heavy (non-hydrogen) atoms. The Labute approximate surface area is 81.0 Å². The van der Waals surface area contributed by atoms with Crippen LogP contribution in [-0.2, 0) is 9.47 Å². The lowest BCUT2D eigenvalue weighted by Crippen LogP contribution is -2.38. The van der Waals surface area contributed by atoms with Crippen molar-refractivity contribution in [1.29, 1.82) is 0 Å². The Morgan fingerprint density at radius 1 is 1.50 bits per heavy atom. The van der Waals surface area contributed by atoms with Crippen LogP contribution in [0.4, 0.5) is 4.79 Å². The van der Waals surface area contributed by atoms with Gasteiger partial charge in [0.05, 0.1) is 32.4 Å². The number of ether oxygens (including phenoxy) is 2. The lowest BCUT2D eigenvalue weighted by molar-refractivity contribution is -0.145. The lowest BCUT2D eigenvalue weighted by atomic mass is 10.2. The average molecular weight is 203 g/mol. The highest BCUT2D eigenvalue weighted by Gasteiger charge is 2.49. The molecule has 0 aromatic carbocycles. The summed E-state index contributed by atoms with van der Waals surface area (Å²) in [6.45, 7) is 0.978. The van der Waals surface area contributed by atoms with Crippen molar-refractivity contribution in [3.63, 3.8) is 0 Å². The number of nitrogens with zero attached hydrogens (tertiary/aromatic N) is 1. The molecule has 1 atom stereocenters. The van der Waals surface area contributed by atoms with E-state index in [4.69, 9.17) is 19.7 Å². The molecule has 0 radical (unpaired) electrons. The third-order valence-electron chi connectivity index (χ3n) is 2.67. The van der Waals surface area contributed by atoms with Gasteiger partial charge >= 0.3 is 6.09 Å². The summed E-state index contributed by atoms with van der Waals surface area (Å²) in [6.07, 6.45) is -0.629. The first-order valence-corrected chi connectivity index (χ1v) is 4.55. The average Bonchev–Trinajstić information content (AvgIpc) is 2.74. The van der Waals surface area contributed by atoms with E-state index in [2.05, 4.69) is 0 Å². The second-order valence-electron chi connectivity index (χ2n) is 3.56. The topological polar surface area (TPSA) is 79.2 Å². The fourth-order valence-electron chi connectivity index (χ4n) is 2.02. The summed E-state index contributed by atoms with van der Waals surface area (Å²) in [4.78, 5) is 12.0. The van der Waals surface area contributed by atoms with Crippen molar-refractivity contribution < 1.29 is 24.5 Å². The molecule has 2 saturated heterocycles. The Balaban J connectivity index is 2.10.